The maximum absolute atomic E-state index is 13.4. The van der Waals surface area contributed by atoms with Crippen molar-refractivity contribution in [1.29, 1.82) is 0 Å². The van der Waals surface area contributed by atoms with Crippen LogP contribution >= 0.6 is 0 Å². The predicted octanol–water partition coefficient (Wildman–Crippen LogP) is 2.34. The van der Waals surface area contributed by atoms with Gasteiger partial charge in [-0.3, -0.25) is 14.4 Å². The van der Waals surface area contributed by atoms with Crippen molar-refractivity contribution in [3.8, 4) is 11.3 Å². The first-order valence-corrected chi connectivity index (χ1v) is 12.9. The van der Waals surface area contributed by atoms with Gasteiger partial charge >= 0.3 is 0 Å². The molecule has 5 rings (SSSR count). The first-order valence-electron chi connectivity index (χ1n) is 11.5. The van der Waals surface area contributed by atoms with Crippen LogP contribution in [0.2, 0.25) is 0 Å². The number of ether oxygens (including phenoxy) is 1. The van der Waals surface area contributed by atoms with Gasteiger partial charge in [0.05, 0.1) is 29.3 Å². The molecule has 182 valence electrons. The Labute approximate surface area is 204 Å². The van der Waals surface area contributed by atoms with E-state index in [0.29, 0.717) is 36.5 Å². The molecule has 10 heteroatoms. The monoisotopic (exact) mass is 493 g/mol. The highest BCUT2D eigenvalue weighted by Gasteiger charge is 2.23. The molecule has 1 N–H and O–H groups in total. The maximum atomic E-state index is 13.4. The van der Waals surface area contributed by atoms with Crippen molar-refractivity contribution in [2.45, 2.75) is 4.90 Å². The van der Waals surface area contributed by atoms with E-state index in [9.17, 15) is 13.2 Å². The normalized spacial score (nSPS) is 14.9. The van der Waals surface area contributed by atoms with Crippen LogP contribution in [0.1, 0.15) is 10.5 Å². The van der Waals surface area contributed by atoms with Gasteiger partial charge in [-0.1, -0.05) is 36.4 Å². The molecule has 1 fully saturated rings. The molecular weight excluding hydrogens is 466 g/mol. The summed E-state index contributed by atoms with van der Waals surface area (Å²) in [7, 11) is -2.06. The Morgan fingerprint density at radius 1 is 1.06 bits per heavy atom. The summed E-state index contributed by atoms with van der Waals surface area (Å²) in [4.78, 5) is 15.2. The Bertz CT molecular complexity index is 1450. The van der Waals surface area contributed by atoms with Gasteiger partial charge in [0.1, 0.15) is 0 Å². The summed E-state index contributed by atoms with van der Waals surface area (Å²) in [6.07, 6.45) is 1.60. The van der Waals surface area contributed by atoms with Crippen LogP contribution in [0.4, 0.5) is 0 Å². The second kappa shape index (κ2) is 9.65. The second-order valence-electron chi connectivity index (χ2n) is 8.42. The number of morpholine rings is 1. The van der Waals surface area contributed by atoms with Gasteiger partial charge in [-0.25, -0.2) is 12.4 Å². The van der Waals surface area contributed by atoms with Crippen LogP contribution in [0.3, 0.4) is 0 Å². The number of carbonyl (C=O) groups excluding carboxylic acids is 1. The number of aryl methyl sites for hydroxylation is 1. The summed E-state index contributed by atoms with van der Waals surface area (Å²) in [5, 5.41) is 8.09. The van der Waals surface area contributed by atoms with E-state index in [0.717, 1.165) is 25.0 Å². The Morgan fingerprint density at radius 3 is 2.54 bits per heavy atom. The largest absolute Gasteiger partial charge is 0.379 e. The lowest BCUT2D eigenvalue weighted by molar-refractivity contribution is 0.0383. The number of hydrogen-bond acceptors (Lipinski definition) is 6. The van der Waals surface area contributed by atoms with Crippen LogP contribution in [0, 0.1) is 0 Å². The minimum Gasteiger partial charge on any atom is -0.379 e. The van der Waals surface area contributed by atoms with E-state index in [1.165, 1.54) is 3.97 Å². The van der Waals surface area contributed by atoms with E-state index in [1.54, 1.807) is 66.5 Å². The first kappa shape index (κ1) is 23.3. The van der Waals surface area contributed by atoms with Crippen molar-refractivity contribution < 1.29 is 17.9 Å². The fraction of sp³-hybridized carbons (Fsp3) is 0.280. The molecule has 0 atom stereocenters. The van der Waals surface area contributed by atoms with E-state index < -0.39 is 10.0 Å². The molecule has 0 bridgehead atoms. The van der Waals surface area contributed by atoms with Gasteiger partial charge in [-0.05, 0) is 24.3 Å². The number of benzene rings is 2. The van der Waals surface area contributed by atoms with Gasteiger partial charge in [0.15, 0.2) is 5.69 Å². The van der Waals surface area contributed by atoms with Gasteiger partial charge in [0, 0.05) is 50.4 Å². The number of nitrogens with one attached hydrogen (secondary N) is 1. The number of carbonyl (C=O) groups is 1. The number of nitrogens with zero attached hydrogens (tertiary/aromatic N) is 4. The van der Waals surface area contributed by atoms with Gasteiger partial charge in [-0.15, -0.1) is 0 Å². The lowest BCUT2D eigenvalue weighted by atomic mass is 10.1. The first-order chi connectivity index (χ1) is 16.9. The Hall–Kier alpha value is -3.47. The third-order valence-corrected chi connectivity index (χ3v) is 7.87. The number of fused-ring (bicyclic) bond motifs is 1. The van der Waals surface area contributed by atoms with Crippen molar-refractivity contribution >= 4 is 26.8 Å². The molecule has 1 amide bonds. The number of aromatic nitrogens is 3. The van der Waals surface area contributed by atoms with E-state index in [4.69, 9.17) is 4.74 Å². The highest BCUT2D eigenvalue weighted by Crippen LogP contribution is 2.33. The zero-order valence-electron chi connectivity index (χ0n) is 19.4. The smallest absolute Gasteiger partial charge is 0.271 e. The van der Waals surface area contributed by atoms with Crippen LogP contribution in [0.5, 0.6) is 0 Å². The summed E-state index contributed by atoms with van der Waals surface area (Å²) in [6.45, 7) is 4.41. The van der Waals surface area contributed by atoms with Gasteiger partial charge in [-0.2, -0.15) is 5.10 Å². The fourth-order valence-corrected chi connectivity index (χ4v) is 5.72. The average molecular weight is 494 g/mol. The molecule has 1 saturated heterocycles. The Balaban J connectivity index is 1.44. The van der Waals surface area contributed by atoms with Crippen LogP contribution in [-0.2, 0) is 21.8 Å². The molecule has 2 aromatic carbocycles. The Kier molecular flexibility index (Phi) is 6.42. The lowest BCUT2D eigenvalue weighted by Crippen LogP contribution is -2.41. The van der Waals surface area contributed by atoms with E-state index in [2.05, 4.69) is 15.3 Å². The highest BCUT2D eigenvalue weighted by molar-refractivity contribution is 7.90. The van der Waals surface area contributed by atoms with Crippen LogP contribution in [0.25, 0.3) is 22.2 Å². The van der Waals surface area contributed by atoms with Crippen molar-refractivity contribution in [3.63, 3.8) is 0 Å². The molecule has 35 heavy (non-hydrogen) atoms. The van der Waals surface area contributed by atoms with Crippen LogP contribution in [-0.4, -0.2) is 72.4 Å². The van der Waals surface area contributed by atoms with E-state index in [-0.39, 0.29) is 16.5 Å². The quantitative estimate of drug-likeness (QED) is 0.424. The topological polar surface area (TPSA) is 98.5 Å². The van der Waals surface area contributed by atoms with Crippen LogP contribution in [0.15, 0.2) is 71.8 Å². The number of hydrogen-bond donors (Lipinski definition) is 1. The van der Waals surface area contributed by atoms with Gasteiger partial charge < -0.3 is 10.1 Å². The minimum atomic E-state index is -3.80. The molecule has 0 aliphatic carbocycles. The third-order valence-electron chi connectivity index (χ3n) is 6.18. The molecule has 0 radical (unpaired) electrons. The summed E-state index contributed by atoms with van der Waals surface area (Å²) in [6, 6.07) is 17.3. The molecular formula is C25H27N5O4S. The van der Waals surface area contributed by atoms with Crippen molar-refractivity contribution in [2.75, 3.05) is 39.4 Å². The third kappa shape index (κ3) is 4.60. The summed E-state index contributed by atoms with van der Waals surface area (Å²) >= 11 is 0. The van der Waals surface area contributed by atoms with Gasteiger partial charge in [0.25, 0.3) is 15.9 Å². The predicted molar refractivity (Wildman–Crippen MR) is 133 cm³/mol. The molecule has 9 nitrogen and oxygen atoms in total. The number of amides is 1. The molecule has 1 aliphatic heterocycles. The zero-order valence-corrected chi connectivity index (χ0v) is 20.2. The molecule has 1 aliphatic rings. The lowest BCUT2D eigenvalue weighted by Gasteiger charge is -2.26. The van der Waals surface area contributed by atoms with Crippen molar-refractivity contribution in [1.82, 2.24) is 24.0 Å². The molecule has 0 unspecified atom stereocenters. The molecule has 3 heterocycles. The van der Waals surface area contributed by atoms with E-state index >= 15 is 0 Å². The zero-order chi connectivity index (χ0) is 24.4. The van der Waals surface area contributed by atoms with Gasteiger partial charge in [0.2, 0.25) is 0 Å². The number of para-hydroxylation sites is 1. The summed E-state index contributed by atoms with van der Waals surface area (Å²) in [5.41, 5.74) is 2.18. The molecule has 4 aromatic rings. The standard InChI is InChI=1S/C25H27N5O4S/c1-28-24(17-22(27-28)25(31)26-11-12-29-13-15-34-16-14-29)21-18-30(23-10-6-5-9-20(21)23)35(32,33)19-7-3-2-4-8-19/h2-10,17-18H,11-16H2,1H3,(H,26,31). The van der Waals surface area contributed by atoms with Crippen molar-refractivity contribution in [3.05, 3.63) is 72.6 Å². The Morgan fingerprint density at radius 2 is 1.77 bits per heavy atom. The molecule has 2 aromatic heterocycles. The number of rotatable bonds is 7. The second-order valence-corrected chi connectivity index (χ2v) is 10.2. The average Bonchev–Trinajstić information content (AvgIpc) is 3.46. The molecule has 0 spiro atoms. The maximum Gasteiger partial charge on any atom is 0.271 e. The van der Waals surface area contributed by atoms with Crippen LogP contribution < -0.4 is 5.32 Å². The summed E-state index contributed by atoms with van der Waals surface area (Å²) in [5.74, 6) is -0.263. The highest BCUT2D eigenvalue weighted by atomic mass is 32.2. The summed E-state index contributed by atoms with van der Waals surface area (Å²) < 4.78 is 35.1. The van der Waals surface area contributed by atoms with Crippen molar-refractivity contribution in [2.24, 2.45) is 7.05 Å². The fourth-order valence-electron chi connectivity index (χ4n) is 4.33. The molecule has 0 saturated carbocycles. The SMILES string of the molecule is Cn1nc(C(=O)NCCN2CCOCC2)cc1-c1cn(S(=O)(=O)c2ccccc2)c2ccccc12. The minimum absolute atomic E-state index is 0.206. The van der Waals surface area contributed by atoms with E-state index in [1.807, 2.05) is 12.1 Å².